The van der Waals surface area contributed by atoms with Gasteiger partial charge in [-0.3, -0.25) is 0 Å². The number of pyridine rings is 2. The average Bonchev–Trinajstić information content (AvgIpc) is 3.72. The minimum Gasteiger partial charge on any atom is -0.346 e. The van der Waals surface area contributed by atoms with Gasteiger partial charge in [-0.05, 0) is 30.3 Å². The van der Waals surface area contributed by atoms with Gasteiger partial charge in [0.25, 0.3) is 0 Å². The summed E-state index contributed by atoms with van der Waals surface area (Å²) >= 11 is 0. The SMILES string of the molecule is C1=CC2=N[N+](c3ccnc4[nH]ccc34)=CC2C=C1.c1ccc2c(c1)cnn2-c1ccnc2[nH]ccc12. The number of fused-ring (bicyclic) bond motifs is 4. The van der Waals surface area contributed by atoms with E-state index < -0.39 is 0 Å². The summed E-state index contributed by atoms with van der Waals surface area (Å²) in [6.45, 7) is 0. The molecule has 0 spiro atoms. The van der Waals surface area contributed by atoms with E-state index in [0.29, 0.717) is 0 Å². The highest BCUT2D eigenvalue weighted by Crippen LogP contribution is 2.27. The lowest BCUT2D eigenvalue weighted by Crippen LogP contribution is -2.08. The van der Waals surface area contributed by atoms with Gasteiger partial charge in [-0.25, -0.2) is 14.6 Å². The predicted octanol–water partition coefficient (Wildman–Crippen LogP) is 5.29. The lowest BCUT2D eigenvalue weighted by molar-refractivity contribution is -0.435. The third-order valence-electron chi connectivity index (χ3n) is 6.39. The molecule has 36 heavy (non-hydrogen) atoms. The Morgan fingerprint density at radius 1 is 0.833 bits per heavy atom. The third-order valence-corrected chi connectivity index (χ3v) is 6.39. The molecule has 0 saturated carbocycles. The largest absolute Gasteiger partial charge is 0.346 e. The number of para-hydroxylation sites is 1. The molecule has 0 saturated heterocycles. The molecule has 0 bridgehead atoms. The van der Waals surface area contributed by atoms with Crippen molar-refractivity contribution in [2.75, 3.05) is 0 Å². The maximum Gasteiger partial charge on any atom is 0.250 e. The Balaban J connectivity index is 0.000000122. The van der Waals surface area contributed by atoms with E-state index in [4.69, 9.17) is 0 Å². The first-order chi connectivity index (χ1) is 17.8. The number of aromatic amines is 2. The molecule has 8 rings (SSSR count). The van der Waals surface area contributed by atoms with Crippen LogP contribution in [-0.2, 0) is 0 Å². The Bertz CT molecular complexity index is 1860. The van der Waals surface area contributed by atoms with Gasteiger partial charge < -0.3 is 9.97 Å². The molecule has 6 heterocycles. The van der Waals surface area contributed by atoms with Crippen LogP contribution < -0.4 is 0 Å². The van der Waals surface area contributed by atoms with E-state index in [1.54, 1.807) is 12.4 Å². The Labute approximate surface area is 205 Å². The first-order valence-corrected chi connectivity index (χ1v) is 11.7. The van der Waals surface area contributed by atoms with E-state index >= 15 is 0 Å². The smallest absolute Gasteiger partial charge is 0.250 e. The number of rotatable bonds is 2. The molecular weight excluding hydrogens is 448 g/mol. The highest BCUT2D eigenvalue weighted by molar-refractivity contribution is 6.09. The summed E-state index contributed by atoms with van der Waals surface area (Å²) in [5.41, 5.74) is 6.06. The van der Waals surface area contributed by atoms with Gasteiger partial charge in [-0.2, -0.15) is 5.10 Å². The highest BCUT2D eigenvalue weighted by Gasteiger charge is 2.28. The second-order valence-corrected chi connectivity index (χ2v) is 8.54. The van der Waals surface area contributed by atoms with Crippen LogP contribution in [0.25, 0.3) is 38.7 Å². The summed E-state index contributed by atoms with van der Waals surface area (Å²) in [7, 11) is 0. The summed E-state index contributed by atoms with van der Waals surface area (Å²) in [6, 6.07) is 16.2. The van der Waals surface area contributed by atoms with Crippen LogP contribution in [0.1, 0.15) is 0 Å². The van der Waals surface area contributed by atoms with Crippen LogP contribution in [0, 0.1) is 5.92 Å². The average molecular weight is 470 g/mol. The minimum atomic E-state index is 0.289. The van der Waals surface area contributed by atoms with Gasteiger partial charge in [0.2, 0.25) is 5.69 Å². The first-order valence-electron chi connectivity index (χ1n) is 11.7. The molecule has 0 fully saturated rings. The number of hydrogen-bond donors (Lipinski definition) is 2. The fraction of sp³-hybridized carbons (Fsp3) is 0.0357. The van der Waals surface area contributed by atoms with Crippen molar-refractivity contribution in [2.24, 2.45) is 11.0 Å². The number of hydrazone groups is 1. The highest BCUT2D eigenvalue weighted by atomic mass is 15.4. The number of H-pyrrole nitrogens is 2. The molecule has 0 amide bonds. The van der Waals surface area contributed by atoms with Crippen molar-refractivity contribution < 1.29 is 4.68 Å². The Kier molecular flexibility index (Phi) is 4.66. The molecule has 1 aliphatic heterocycles. The van der Waals surface area contributed by atoms with Gasteiger partial charge >= 0.3 is 0 Å². The van der Waals surface area contributed by atoms with Gasteiger partial charge in [-0.1, -0.05) is 41.1 Å². The van der Waals surface area contributed by atoms with Crippen LogP contribution >= 0.6 is 0 Å². The summed E-state index contributed by atoms with van der Waals surface area (Å²) in [5, 5.41) is 12.4. The van der Waals surface area contributed by atoms with E-state index in [1.807, 2.05) is 70.4 Å². The molecule has 8 heteroatoms. The second kappa shape index (κ2) is 8.28. The zero-order valence-corrected chi connectivity index (χ0v) is 19.2. The zero-order valence-electron chi connectivity index (χ0n) is 19.2. The van der Waals surface area contributed by atoms with Gasteiger partial charge in [-0.15, -0.1) is 0 Å². The van der Waals surface area contributed by atoms with E-state index in [2.05, 4.69) is 66.7 Å². The quantitative estimate of drug-likeness (QED) is 0.338. The Morgan fingerprint density at radius 3 is 2.53 bits per heavy atom. The fourth-order valence-electron chi connectivity index (χ4n) is 4.66. The van der Waals surface area contributed by atoms with E-state index in [0.717, 1.165) is 50.1 Å². The number of hydrogen-bond acceptors (Lipinski definition) is 4. The summed E-state index contributed by atoms with van der Waals surface area (Å²) in [5.74, 6) is 0.289. The predicted molar refractivity (Wildman–Crippen MR) is 142 cm³/mol. The maximum absolute atomic E-state index is 4.62. The summed E-state index contributed by atoms with van der Waals surface area (Å²) < 4.78 is 3.89. The molecular formula is C28H21N8+. The first kappa shape index (κ1) is 20.3. The minimum absolute atomic E-state index is 0.289. The van der Waals surface area contributed by atoms with Gasteiger partial charge in [0, 0.05) is 46.7 Å². The molecule has 172 valence electrons. The zero-order chi connectivity index (χ0) is 23.9. The van der Waals surface area contributed by atoms with Crippen LogP contribution in [0.4, 0.5) is 5.69 Å². The lowest BCUT2D eigenvalue weighted by Gasteiger charge is -2.04. The Hall–Kier alpha value is -5.11. The van der Waals surface area contributed by atoms with Crippen LogP contribution in [0.3, 0.4) is 0 Å². The van der Waals surface area contributed by atoms with Crippen molar-refractivity contribution in [3.8, 4) is 5.69 Å². The summed E-state index contributed by atoms with van der Waals surface area (Å²) in [4.78, 5) is 14.8. The van der Waals surface area contributed by atoms with Crippen molar-refractivity contribution in [3.05, 3.63) is 104 Å². The van der Waals surface area contributed by atoms with Crippen molar-refractivity contribution in [1.82, 2.24) is 29.7 Å². The molecule has 6 aromatic rings. The molecule has 1 unspecified atom stereocenters. The van der Waals surface area contributed by atoms with Crippen LogP contribution in [0.5, 0.6) is 0 Å². The Morgan fingerprint density at radius 2 is 1.64 bits per heavy atom. The van der Waals surface area contributed by atoms with Crippen molar-refractivity contribution in [1.29, 1.82) is 0 Å². The van der Waals surface area contributed by atoms with Crippen LogP contribution in [-0.4, -0.2) is 46.3 Å². The fourth-order valence-corrected chi connectivity index (χ4v) is 4.66. The molecule has 1 atom stereocenters. The number of nitrogens with one attached hydrogen (secondary N) is 2. The molecule has 8 nitrogen and oxygen atoms in total. The topological polar surface area (TPSA) is 90.5 Å². The van der Waals surface area contributed by atoms with Gasteiger partial charge in [0.15, 0.2) is 6.21 Å². The van der Waals surface area contributed by atoms with Crippen molar-refractivity contribution >= 4 is 50.6 Å². The van der Waals surface area contributed by atoms with Crippen LogP contribution in [0.2, 0.25) is 0 Å². The maximum atomic E-state index is 4.62. The summed E-state index contributed by atoms with van der Waals surface area (Å²) in [6.07, 6.45) is 19.7. The molecule has 2 aliphatic rings. The molecule has 2 N–H and O–H groups in total. The number of allylic oxidation sites excluding steroid dienone is 4. The number of aromatic nitrogens is 6. The third kappa shape index (κ3) is 3.35. The van der Waals surface area contributed by atoms with Gasteiger partial charge in [0.1, 0.15) is 22.9 Å². The number of nitrogens with zero attached hydrogens (tertiary/aromatic N) is 6. The molecule has 1 aliphatic carbocycles. The molecule has 0 radical (unpaired) electrons. The van der Waals surface area contributed by atoms with Gasteiger partial charge in [0.05, 0.1) is 22.8 Å². The second-order valence-electron chi connectivity index (χ2n) is 8.54. The standard InChI is InChI=1S/C14H11N4.C14H10N4/c1-2-4-12-10(3-1)9-18(17-12)13-6-8-16-14-11(13)5-7-15-14;1-2-4-12-10(3-1)9-17-18(12)13-6-8-16-14-11(13)5-7-15-14/h1-10H,(H,15,16);1-9H,(H,15,16)/q+1;. The van der Waals surface area contributed by atoms with E-state index in [9.17, 15) is 0 Å². The van der Waals surface area contributed by atoms with E-state index in [1.165, 1.54) is 0 Å². The normalized spacial score (nSPS) is 16.2. The van der Waals surface area contributed by atoms with Crippen molar-refractivity contribution in [2.45, 2.75) is 0 Å². The lowest BCUT2D eigenvalue weighted by atomic mass is 10.0. The molecule has 5 aromatic heterocycles. The van der Waals surface area contributed by atoms with Crippen LogP contribution in [0.15, 0.2) is 109 Å². The van der Waals surface area contributed by atoms with Crippen molar-refractivity contribution in [3.63, 3.8) is 0 Å². The number of benzene rings is 1. The molecule has 1 aromatic carbocycles. The van der Waals surface area contributed by atoms with E-state index in [-0.39, 0.29) is 5.92 Å². The monoisotopic (exact) mass is 469 g/mol.